The maximum absolute atomic E-state index is 3.67. The van der Waals surface area contributed by atoms with Crippen LogP contribution in [0.5, 0.6) is 0 Å². The largest absolute Gasteiger partial charge is 0.356 e. The lowest BCUT2D eigenvalue weighted by Gasteiger charge is -2.23. The van der Waals surface area contributed by atoms with Gasteiger partial charge in [-0.1, -0.05) is 134 Å². The Balaban J connectivity index is 1.19. The lowest BCUT2D eigenvalue weighted by atomic mass is 9.80. The molecule has 7 aromatic rings. The first kappa shape index (κ1) is 28.8. The molecule has 1 N–H and O–H groups in total. The number of hydrogen-bond donors (Lipinski definition) is 1. The first-order chi connectivity index (χ1) is 21.8. The molecule has 1 nitrogen and oxygen atoms in total. The summed E-state index contributed by atoms with van der Waals surface area (Å²) in [6, 6.07) is 41.6. The van der Waals surface area contributed by atoms with Gasteiger partial charge in [-0.3, -0.25) is 0 Å². The van der Waals surface area contributed by atoms with E-state index in [2.05, 4.69) is 170 Å². The van der Waals surface area contributed by atoms with Crippen LogP contribution < -0.4 is 5.32 Å². The van der Waals surface area contributed by atoms with Gasteiger partial charge in [0.05, 0.1) is 0 Å². The van der Waals surface area contributed by atoms with Gasteiger partial charge < -0.3 is 5.32 Å². The second kappa shape index (κ2) is 9.69. The van der Waals surface area contributed by atoms with E-state index in [9.17, 15) is 0 Å². The van der Waals surface area contributed by atoms with Crippen LogP contribution in [0.4, 0.5) is 11.4 Å². The summed E-state index contributed by atoms with van der Waals surface area (Å²) in [5.41, 5.74) is 13.2. The maximum atomic E-state index is 3.67. The van der Waals surface area contributed by atoms with E-state index in [1.165, 1.54) is 76.8 Å². The summed E-state index contributed by atoms with van der Waals surface area (Å²) in [4.78, 5) is 0. The van der Waals surface area contributed by atoms with Crippen LogP contribution in [0.15, 0.2) is 109 Å². The highest BCUT2D eigenvalue weighted by Crippen LogP contribution is 2.51. The second-order valence-electron chi connectivity index (χ2n) is 16.0. The van der Waals surface area contributed by atoms with Gasteiger partial charge in [0.15, 0.2) is 0 Å². The van der Waals surface area contributed by atoms with Crippen LogP contribution in [-0.2, 0) is 16.2 Å². The molecule has 0 radical (unpaired) electrons. The van der Waals surface area contributed by atoms with E-state index < -0.39 is 0 Å². The molecule has 0 amide bonds. The van der Waals surface area contributed by atoms with Gasteiger partial charge >= 0.3 is 0 Å². The standard InChI is InChI=1S/C45H43N/c1-43(2,3)31-14-16-33(17-15-31)46-34-18-22-37-36-20-12-28(25-39(36)45(7,8)40(37)26-34)35-19-11-27-9-10-29-23-32(44(4,5)6)24-30-13-21-38(35)42(27)41(29)30/h9-26,46H,1-8H3. The first-order valence-electron chi connectivity index (χ1n) is 16.7. The van der Waals surface area contributed by atoms with Crippen molar-refractivity contribution in [2.45, 2.75) is 71.6 Å². The number of anilines is 2. The molecule has 0 atom stereocenters. The Morgan fingerprint density at radius 2 is 1.00 bits per heavy atom. The minimum atomic E-state index is -0.110. The topological polar surface area (TPSA) is 12.0 Å². The Hall–Kier alpha value is -4.62. The molecule has 0 bridgehead atoms. The van der Waals surface area contributed by atoms with Crippen molar-refractivity contribution in [2.24, 2.45) is 0 Å². The van der Waals surface area contributed by atoms with Gasteiger partial charge in [0.25, 0.3) is 0 Å². The molecule has 1 aliphatic carbocycles. The van der Waals surface area contributed by atoms with Crippen molar-refractivity contribution in [3.63, 3.8) is 0 Å². The molecule has 46 heavy (non-hydrogen) atoms. The van der Waals surface area contributed by atoms with Crippen LogP contribution in [0, 0.1) is 0 Å². The van der Waals surface area contributed by atoms with Crippen molar-refractivity contribution in [1.29, 1.82) is 0 Å². The molecule has 0 heterocycles. The lowest BCUT2D eigenvalue weighted by molar-refractivity contribution is 0.590. The van der Waals surface area contributed by atoms with Gasteiger partial charge in [-0.25, -0.2) is 0 Å². The van der Waals surface area contributed by atoms with Crippen molar-refractivity contribution < 1.29 is 0 Å². The van der Waals surface area contributed by atoms with Gasteiger partial charge in [-0.2, -0.15) is 0 Å². The molecule has 1 aliphatic rings. The van der Waals surface area contributed by atoms with Crippen LogP contribution in [0.3, 0.4) is 0 Å². The SMILES string of the molecule is CC(C)(C)c1ccc(Nc2ccc3c(c2)C(C)(C)c2cc(-c4ccc5ccc6cc(C(C)(C)C)cc7ccc4c5c67)ccc2-3)cc1. The quantitative estimate of drug-likeness (QED) is 0.200. The average Bonchev–Trinajstić information content (AvgIpc) is 3.24. The third-order valence-corrected chi connectivity index (χ3v) is 10.5. The van der Waals surface area contributed by atoms with Crippen LogP contribution in [0.1, 0.15) is 77.6 Å². The zero-order valence-corrected chi connectivity index (χ0v) is 28.4. The Morgan fingerprint density at radius 1 is 0.457 bits per heavy atom. The fraction of sp³-hybridized carbons (Fsp3) is 0.244. The molecule has 0 fully saturated rings. The smallest absolute Gasteiger partial charge is 0.0387 e. The molecule has 0 saturated carbocycles. The molecule has 0 aliphatic heterocycles. The van der Waals surface area contributed by atoms with Gasteiger partial charge in [0.1, 0.15) is 0 Å². The lowest BCUT2D eigenvalue weighted by Crippen LogP contribution is -2.15. The predicted molar refractivity (Wildman–Crippen MR) is 200 cm³/mol. The van der Waals surface area contributed by atoms with Gasteiger partial charge in [0, 0.05) is 16.8 Å². The summed E-state index contributed by atoms with van der Waals surface area (Å²) in [6.45, 7) is 18.4. The van der Waals surface area contributed by atoms with E-state index in [-0.39, 0.29) is 16.2 Å². The van der Waals surface area contributed by atoms with E-state index in [1.807, 2.05) is 0 Å². The van der Waals surface area contributed by atoms with Crippen molar-refractivity contribution in [3.05, 3.63) is 131 Å². The van der Waals surface area contributed by atoms with Crippen molar-refractivity contribution in [1.82, 2.24) is 0 Å². The highest BCUT2D eigenvalue weighted by atomic mass is 14.9. The average molecular weight is 598 g/mol. The van der Waals surface area contributed by atoms with E-state index >= 15 is 0 Å². The van der Waals surface area contributed by atoms with Crippen molar-refractivity contribution >= 4 is 43.7 Å². The van der Waals surface area contributed by atoms with Gasteiger partial charge in [-0.05, 0) is 118 Å². The monoisotopic (exact) mass is 597 g/mol. The number of nitrogens with one attached hydrogen (secondary N) is 1. The molecule has 7 aromatic carbocycles. The summed E-state index contributed by atoms with van der Waals surface area (Å²) in [5.74, 6) is 0. The summed E-state index contributed by atoms with van der Waals surface area (Å²) in [7, 11) is 0. The minimum Gasteiger partial charge on any atom is -0.356 e. The van der Waals surface area contributed by atoms with E-state index in [1.54, 1.807) is 0 Å². The second-order valence-corrected chi connectivity index (χ2v) is 16.0. The first-order valence-corrected chi connectivity index (χ1v) is 16.7. The van der Waals surface area contributed by atoms with E-state index in [0.29, 0.717) is 0 Å². The van der Waals surface area contributed by atoms with Crippen molar-refractivity contribution in [3.8, 4) is 22.3 Å². The number of benzene rings is 7. The zero-order chi connectivity index (χ0) is 32.2. The third kappa shape index (κ3) is 4.43. The molecule has 1 heteroatoms. The minimum absolute atomic E-state index is 0.110. The summed E-state index contributed by atoms with van der Waals surface area (Å²) in [5, 5.41) is 11.7. The van der Waals surface area contributed by atoms with Gasteiger partial charge in [0.2, 0.25) is 0 Å². The molecule has 0 unspecified atom stereocenters. The Bertz CT molecular complexity index is 2280. The highest BCUT2D eigenvalue weighted by molar-refractivity contribution is 6.25. The molecular formula is C45H43N. The number of rotatable bonds is 3. The summed E-state index contributed by atoms with van der Waals surface area (Å²) >= 11 is 0. The van der Waals surface area contributed by atoms with Crippen LogP contribution in [0.25, 0.3) is 54.6 Å². The maximum Gasteiger partial charge on any atom is 0.0387 e. The number of fused-ring (bicyclic) bond motifs is 3. The van der Waals surface area contributed by atoms with Gasteiger partial charge in [-0.15, -0.1) is 0 Å². The van der Waals surface area contributed by atoms with Crippen LogP contribution >= 0.6 is 0 Å². The van der Waals surface area contributed by atoms with Crippen LogP contribution in [0.2, 0.25) is 0 Å². The molecule has 8 rings (SSSR count). The molecule has 0 saturated heterocycles. The molecule has 0 spiro atoms. The van der Waals surface area contributed by atoms with Crippen LogP contribution in [-0.4, -0.2) is 0 Å². The molecule has 0 aromatic heterocycles. The number of hydrogen-bond acceptors (Lipinski definition) is 1. The normalized spacial score (nSPS) is 14.3. The Labute approximate surface area is 273 Å². The highest BCUT2D eigenvalue weighted by Gasteiger charge is 2.36. The van der Waals surface area contributed by atoms with E-state index in [0.717, 1.165) is 11.4 Å². The van der Waals surface area contributed by atoms with E-state index in [4.69, 9.17) is 0 Å². The Kier molecular flexibility index (Phi) is 6.07. The molecular weight excluding hydrogens is 555 g/mol. The zero-order valence-electron chi connectivity index (χ0n) is 28.4. The fourth-order valence-electron chi connectivity index (χ4n) is 7.71. The van der Waals surface area contributed by atoms with Crippen molar-refractivity contribution in [2.75, 3.05) is 5.32 Å². The third-order valence-electron chi connectivity index (χ3n) is 10.5. The fourth-order valence-corrected chi connectivity index (χ4v) is 7.71. The summed E-state index contributed by atoms with van der Waals surface area (Å²) in [6.07, 6.45) is 0. The molecule has 228 valence electrons. The summed E-state index contributed by atoms with van der Waals surface area (Å²) < 4.78 is 0. The Morgan fingerprint density at radius 3 is 1.67 bits per heavy atom. The predicted octanol–water partition coefficient (Wildman–Crippen LogP) is 12.9.